The molecule has 7 heteroatoms. The van der Waals surface area contributed by atoms with E-state index in [1.807, 2.05) is 0 Å². The highest BCUT2D eigenvalue weighted by molar-refractivity contribution is 7.99. The van der Waals surface area contributed by atoms with E-state index in [0.29, 0.717) is 22.8 Å². The molecular weight excluding hydrogens is 357 g/mol. The number of thioether (sulfide) groups is 1. The lowest BCUT2D eigenvalue weighted by molar-refractivity contribution is -0.142. The highest BCUT2D eigenvalue weighted by Crippen LogP contribution is 2.28. The van der Waals surface area contributed by atoms with Crippen molar-refractivity contribution in [1.82, 2.24) is 5.32 Å². The van der Waals surface area contributed by atoms with Crippen molar-refractivity contribution in [3.8, 4) is 5.75 Å². The van der Waals surface area contributed by atoms with Crippen LogP contribution in [0, 0.1) is 5.82 Å². The van der Waals surface area contributed by atoms with Gasteiger partial charge in [-0.3, -0.25) is 4.79 Å². The summed E-state index contributed by atoms with van der Waals surface area (Å²) in [5.74, 6) is -0.735. The Kier molecular flexibility index (Phi) is 5.78. The molecule has 0 aliphatic carbocycles. The van der Waals surface area contributed by atoms with Crippen molar-refractivity contribution in [3.63, 3.8) is 0 Å². The minimum Gasteiger partial charge on any atom is -0.493 e. The number of nitrogens with one attached hydrogen (secondary N) is 1. The molecule has 2 N–H and O–H groups in total. The van der Waals surface area contributed by atoms with Gasteiger partial charge in [-0.2, -0.15) is 0 Å². The number of rotatable bonds is 7. The average Bonchev–Trinajstić information content (AvgIpc) is 3.08. The van der Waals surface area contributed by atoms with Crippen LogP contribution in [0.15, 0.2) is 47.4 Å². The van der Waals surface area contributed by atoms with Gasteiger partial charge in [-0.15, -0.1) is 11.8 Å². The van der Waals surface area contributed by atoms with Gasteiger partial charge in [0.2, 0.25) is 5.91 Å². The van der Waals surface area contributed by atoms with Crippen LogP contribution >= 0.6 is 11.8 Å². The molecule has 0 aromatic heterocycles. The quantitative estimate of drug-likeness (QED) is 0.727. The Morgan fingerprint density at radius 3 is 2.85 bits per heavy atom. The smallest absolute Gasteiger partial charge is 0.330 e. The molecule has 0 saturated carbocycles. The molecule has 3 rings (SSSR count). The summed E-state index contributed by atoms with van der Waals surface area (Å²) in [6.07, 6.45) is 0.819. The van der Waals surface area contributed by atoms with Crippen LogP contribution in [-0.4, -0.2) is 29.3 Å². The molecule has 2 aromatic carbocycles. The number of benzene rings is 2. The van der Waals surface area contributed by atoms with Gasteiger partial charge < -0.3 is 15.2 Å². The summed E-state index contributed by atoms with van der Waals surface area (Å²) < 4.78 is 19.0. The second-order valence-electron chi connectivity index (χ2n) is 5.83. The fraction of sp³-hybridized carbons (Fsp3) is 0.263. The third kappa shape index (κ3) is 4.35. The summed E-state index contributed by atoms with van der Waals surface area (Å²) >= 11 is 1.22. The van der Waals surface area contributed by atoms with Crippen molar-refractivity contribution in [1.29, 1.82) is 0 Å². The molecule has 0 fully saturated rings. The average molecular weight is 375 g/mol. The van der Waals surface area contributed by atoms with Gasteiger partial charge in [-0.25, -0.2) is 9.18 Å². The van der Waals surface area contributed by atoms with Crippen molar-refractivity contribution in [2.75, 3.05) is 12.4 Å². The number of carboxylic acids is 1. The van der Waals surface area contributed by atoms with Gasteiger partial charge in [0.25, 0.3) is 0 Å². The maximum Gasteiger partial charge on any atom is 0.330 e. The first-order valence-corrected chi connectivity index (χ1v) is 9.18. The van der Waals surface area contributed by atoms with Crippen molar-refractivity contribution < 1.29 is 23.8 Å². The second-order valence-corrected chi connectivity index (χ2v) is 6.97. The highest BCUT2D eigenvalue weighted by Gasteiger charge is 2.24. The summed E-state index contributed by atoms with van der Waals surface area (Å²) in [5.41, 5.74) is 1.45. The predicted octanol–water partition coefficient (Wildman–Crippen LogP) is 3.18. The first-order valence-electron chi connectivity index (χ1n) is 8.19. The zero-order chi connectivity index (χ0) is 18.5. The lowest BCUT2D eigenvalue weighted by Crippen LogP contribution is -2.33. The van der Waals surface area contributed by atoms with E-state index in [2.05, 4.69) is 5.32 Å². The first-order chi connectivity index (χ1) is 12.5. The van der Waals surface area contributed by atoms with Crippen molar-refractivity contribution in [2.24, 2.45) is 0 Å². The number of carbonyl (C=O) groups is 2. The topological polar surface area (TPSA) is 75.6 Å². The van der Waals surface area contributed by atoms with Crippen LogP contribution in [0.25, 0.3) is 0 Å². The fourth-order valence-electron chi connectivity index (χ4n) is 2.72. The molecule has 1 atom stereocenters. The minimum absolute atomic E-state index is 0.0941. The number of ether oxygens (including phenoxy) is 1. The molecule has 1 unspecified atom stereocenters. The van der Waals surface area contributed by atoms with E-state index in [9.17, 15) is 19.1 Å². The summed E-state index contributed by atoms with van der Waals surface area (Å²) in [4.78, 5) is 24.2. The molecule has 1 heterocycles. The second kappa shape index (κ2) is 8.23. The maximum atomic E-state index is 13.6. The van der Waals surface area contributed by atoms with Crippen LogP contribution in [-0.2, 0) is 16.0 Å². The van der Waals surface area contributed by atoms with Crippen LogP contribution in [0.3, 0.4) is 0 Å². The highest BCUT2D eigenvalue weighted by atomic mass is 32.2. The monoisotopic (exact) mass is 375 g/mol. The zero-order valence-corrected chi connectivity index (χ0v) is 14.7. The van der Waals surface area contributed by atoms with Gasteiger partial charge in [0, 0.05) is 23.5 Å². The standard InChI is InChI=1S/C19H18FNO4S/c20-14-3-1-2-4-16(14)26-10-8-17(22)21-18(19(23)24)13-5-6-15-12(11-13)7-9-25-15/h1-6,11,18H,7-10H2,(H,21,22)(H,23,24). The van der Waals surface area contributed by atoms with Gasteiger partial charge in [0.05, 0.1) is 6.61 Å². The maximum absolute atomic E-state index is 13.6. The molecule has 136 valence electrons. The number of hydrogen-bond donors (Lipinski definition) is 2. The largest absolute Gasteiger partial charge is 0.493 e. The molecule has 1 aliphatic rings. The summed E-state index contributed by atoms with van der Waals surface area (Å²) in [7, 11) is 0. The normalized spacial score (nSPS) is 13.6. The molecule has 0 bridgehead atoms. The number of amides is 1. The minimum atomic E-state index is -1.13. The van der Waals surface area contributed by atoms with Gasteiger partial charge in [-0.05, 0) is 35.4 Å². The van der Waals surface area contributed by atoms with Gasteiger partial charge in [0.15, 0.2) is 6.04 Å². The summed E-state index contributed by atoms with van der Waals surface area (Å²) in [5, 5.41) is 12.0. The van der Waals surface area contributed by atoms with E-state index >= 15 is 0 Å². The Hall–Kier alpha value is -2.54. The van der Waals surface area contributed by atoms with Crippen LogP contribution < -0.4 is 10.1 Å². The number of hydrogen-bond acceptors (Lipinski definition) is 4. The lowest BCUT2D eigenvalue weighted by Gasteiger charge is -2.16. The number of carboxylic acid groups (broad SMARTS) is 1. The van der Waals surface area contributed by atoms with Crippen molar-refractivity contribution in [3.05, 3.63) is 59.4 Å². The van der Waals surface area contributed by atoms with E-state index < -0.39 is 17.9 Å². The summed E-state index contributed by atoms with van der Waals surface area (Å²) in [6, 6.07) is 10.4. The van der Waals surface area contributed by atoms with Gasteiger partial charge >= 0.3 is 5.97 Å². The van der Waals surface area contributed by atoms with Crippen LogP contribution in [0.1, 0.15) is 23.6 Å². The van der Waals surface area contributed by atoms with Gasteiger partial charge in [-0.1, -0.05) is 18.2 Å². The van der Waals surface area contributed by atoms with E-state index in [0.717, 1.165) is 17.7 Å². The number of aliphatic carboxylic acids is 1. The predicted molar refractivity (Wildman–Crippen MR) is 95.9 cm³/mol. The molecule has 0 saturated heterocycles. The van der Waals surface area contributed by atoms with E-state index in [1.165, 1.54) is 17.8 Å². The zero-order valence-electron chi connectivity index (χ0n) is 13.9. The Morgan fingerprint density at radius 2 is 2.08 bits per heavy atom. The fourth-order valence-corrected chi connectivity index (χ4v) is 3.61. The number of fused-ring (bicyclic) bond motifs is 1. The molecule has 5 nitrogen and oxygen atoms in total. The molecule has 0 spiro atoms. The van der Waals surface area contributed by atoms with Crippen LogP contribution in [0.2, 0.25) is 0 Å². The third-order valence-corrected chi connectivity index (χ3v) is 5.07. The van der Waals surface area contributed by atoms with Crippen molar-refractivity contribution in [2.45, 2.75) is 23.8 Å². The van der Waals surface area contributed by atoms with Gasteiger partial charge in [0.1, 0.15) is 11.6 Å². The molecule has 0 radical (unpaired) electrons. The third-order valence-electron chi connectivity index (χ3n) is 4.02. The molecule has 1 aliphatic heterocycles. The Balaban J connectivity index is 1.58. The molecule has 1 amide bonds. The van der Waals surface area contributed by atoms with Crippen molar-refractivity contribution >= 4 is 23.6 Å². The van der Waals surface area contributed by atoms with E-state index in [4.69, 9.17) is 4.74 Å². The first kappa shape index (κ1) is 18.3. The Labute approximate surface area is 154 Å². The molecular formula is C19H18FNO4S. The Bertz CT molecular complexity index is 827. The van der Waals surface area contributed by atoms with E-state index in [1.54, 1.807) is 36.4 Å². The van der Waals surface area contributed by atoms with Crippen LogP contribution in [0.5, 0.6) is 5.75 Å². The molecule has 26 heavy (non-hydrogen) atoms. The lowest BCUT2D eigenvalue weighted by atomic mass is 10.0. The van der Waals surface area contributed by atoms with E-state index in [-0.39, 0.29) is 12.2 Å². The van der Waals surface area contributed by atoms with Crippen LogP contribution in [0.4, 0.5) is 4.39 Å². The SMILES string of the molecule is O=C(CCSc1ccccc1F)NC(C(=O)O)c1ccc2c(c1)CCO2. The Morgan fingerprint density at radius 1 is 1.27 bits per heavy atom. The number of halogens is 1. The molecule has 2 aromatic rings. The summed E-state index contributed by atoms with van der Waals surface area (Å²) in [6.45, 7) is 0.580. The number of carbonyl (C=O) groups excluding carboxylic acids is 1.